The van der Waals surface area contributed by atoms with Crippen molar-refractivity contribution in [3.05, 3.63) is 88.9 Å². The summed E-state index contributed by atoms with van der Waals surface area (Å²) < 4.78 is 5.66. The van der Waals surface area contributed by atoms with Gasteiger partial charge in [-0.15, -0.1) is 0 Å². The van der Waals surface area contributed by atoms with Gasteiger partial charge in [0.05, 0.1) is 11.1 Å². The molecule has 154 valence electrons. The van der Waals surface area contributed by atoms with Gasteiger partial charge in [-0.3, -0.25) is 4.79 Å². The Balaban J connectivity index is 1.43. The number of amides is 1. The van der Waals surface area contributed by atoms with Gasteiger partial charge in [0.15, 0.2) is 0 Å². The standard InChI is InChI=1S/C26H26ClNO2/c1-18(2)30-25-13-12-22(16-24(25)27)26(29)28-15-14-23(17-28)21-10-8-20(9-11-21)19-6-4-3-5-7-19/h3-13,16,18,23H,14-15,17H2,1-2H3. The zero-order chi connectivity index (χ0) is 21.1. The number of nitrogens with zero attached hydrogens (tertiary/aromatic N) is 1. The Morgan fingerprint density at radius 3 is 2.37 bits per heavy atom. The summed E-state index contributed by atoms with van der Waals surface area (Å²) in [5, 5.41) is 0.474. The monoisotopic (exact) mass is 419 g/mol. The highest BCUT2D eigenvalue weighted by molar-refractivity contribution is 6.32. The fraction of sp³-hybridized carbons (Fsp3) is 0.269. The molecule has 1 amide bonds. The summed E-state index contributed by atoms with van der Waals surface area (Å²) in [5.41, 5.74) is 4.32. The minimum Gasteiger partial charge on any atom is -0.489 e. The molecular weight excluding hydrogens is 394 g/mol. The number of hydrogen-bond acceptors (Lipinski definition) is 2. The summed E-state index contributed by atoms with van der Waals surface area (Å²) >= 11 is 6.32. The Morgan fingerprint density at radius 2 is 1.70 bits per heavy atom. The highest BCUT2D eigenvalue weighted by Gasteiger charge is 2.28. The number of halogens is 1. The second-order valence-electron chi connectivity index (χ2n) is 8.04. The topological polar surface area (TPSA) is 29.5 Å². The SMILES string of the molecule is CC(C)Oc1ccc(C(=O)N2CCC(c3ccc(-c4ccccc4)cc3)C2)cc1Cl. The van der Waals surface area contributed by atoms with Gasteiger partial charge in [-0.2, -0.15) is 0 Å². The number of rotatable bonds is 5. The molecular formula is C26H26ClNO2. The van der Waals surface area contributed by atoms with Gasteiger partial charge in [-0.25, -0.2) is 0 Å². The average Bonchev–Trinajstić information content (AvgIpc) is 3.25. The molecule has 0 N–H and O–H groups in total. The summed E-state index contributed by atoms with van der Waals surface area (Å²) in [6.45, 7) is 5.38. The Morgan fingerprint density at radius 1 is 1.00 bits per heavy atom. The maximum Gasteiger partial charge on any atom is 0.253 e. The number of hydrogen-bond donors (Lipinski definition) is 0. The van der Waals surface area contributed by atoms with E-state index in [1.54, 1.807) is 18.2 Å². The van der Waals surface area contributed by atoms with Crippen LogP contribution in [0.15, 0.2) is 72.8 Å². The predicted octanol–water partition coefficient (Wildman–Crippen LogP) is 6.42. The van der Waals surface area contributed by atoms with E-state index in [2.05, 4.69) is 48.5 Å². The molecule has 1 unspecified atom stereocenters. The lowest BCUT2D eigenvalue weighted by molar-refractivity contribution is 0.0790. The molecule has 1 heterocycles. The van der Waals surface area contributed by atoms with Crippen molar-refractivity contribution in [2.24, 2.45) is 0 Å². The first-order valence-electron chi connectivity index (χ1n) is 10.4. The van der Waals surface area contributed by atoms with Gasteiger partial charge in [-0.1, -0.05) is 66.2 Å². The van der Waals surface area contributed by atoms with Gasteiger partial charge < -0.3 is 9.64 Å². The molecule has 0 spiro atoms. The third-order valence-electron chi connectivity index (χ3n) is 5.51. The van der Waals surface area contributed by atoms with E-state index in [0.29, 0.717) is 22.3 Å². The van der Waals surface area contributed by atoms with Crippen LogP contribution in [0.4, 0.5) is 0 Å². The van der Waals surface area contributed by atoms with Crippen LogP contribution < -0.4 is 4.74 Å². The van der Waals surface area contributed by atoms with E-state index >= 15 is 0 Å². The van der Waals surface area contributed by atoms with Crippen molar-refractivity contribution in [3.8, 4) is 16.9 Å². The van der Waals surface area contributed by atoms with Gasteiger partial charge in [0.25, 0.3) is 5.91 Å². The van der Waals surface area contributed by atoms with Crippen molar-refractivity contribution in [1.82, 2.24) is 4.90 Å². The molecule has 0 aliphatic carbocycles. The first-order chi connectivity index (χ1) is 14.5. The van der Waals surface area contributed by atoms with Crippen molar-refractivity contribution < 1.29 is 9.53 Å². The van der Waals surface area contributed by atoms with Crippen LogP contribution in [0.2, 0.25) is 5.02 Å². The van der Waals surface area contributed by atoms with Gasteiger partial charge in [-0.05, 0) is 55.2 Å². The van der Waals surface area contributed by atoms with E-state index in [-0.39, 0.29) is 12.0 Å². The van der Waals surface area contributed by atoms with Crippen LogP contribution in [0.5, 0.6) is 5.75 Å². The summed E-state index contributed by atoms with van der Waals surface area (Å²) in [5.74, 6) is 0.996. The zero-order valence-corrected chi connectivity index (χ0v) is 18.1. The Bertz CT molecular complexity index is 1010. The van der Waals surface area contributed by atoms with Crippen LogP contribution >= 0.6 is 11.6 Å². The number of likely N-dealkylation sites (tertiary alicyclic amines) is 1. The molecule has 0 radical (unpaired) electrons. The number of ether oxygens (including phenoxy) is 1. The Kier molecular flexibility index (Phi) is 6.10. The minimum atomic E-state index is 0.0244. The molecule has 4 rings (SSSR count). The average molecular weight is 420 g/mol. The lowest BCUT2D eigenvalue weighted by Gasteiger charge is -2.18. The summed E-state index contributed by atoms with van der Waals surface area (Å²) in [7, 11) is 0. The fourth-order valence-electron chi connectivity index (χ4n) is 3.96. The Labute approximate surface area is 183 Å². The zero-order valence-electron chi connectivity index (χ0n) is 17.3. The predicted molar refractivity (Wildman–Crippen MR) is 122 cm³/mol. The summed E-state index contributed by atoms with van der Waals surface area (Å²) in [4.78, 5) is 14.9. The maximum absolute atomic E-state index is 13.0. The molecule has 3 nitrogen and oxygen atoms in total. The van der Waals surface area contributed by atoms with Crippen molar-refractivity contribution in [2.75, 3.05) is 13.1 Å². The lowest BCUT2D eigenvalue weighted by atomic mass is 9.96. The fourth-order valence-corrected chi connectivity index (χ4v) is 4.19. The molecule has 3 aromatic carbocycles. The highest BCUT2D eigenvalue weighted by Crippen LogP contribution is 2.31. The third-order valence-corrected chi connectivity index (χ3v) is 5.80. The van der Waals surface area contributed by atoms with Crippen LogP contribution in [-0.2, 0) is 0 Å². The third kappa shape index (κ3) is 4.52. The van der Waals surface area contributed by atoms with E-state index in [1.807, 2.05) is 24.8 Å². The van der Waals surface area contributed by atoms with Crippen LogP contribution in [0.1, 0.15) is 42.1 Å². The molecule has 1 aliphatic heterocycles. The van der Waals surface area contributed by atoms with E-state index in [4.69, 9.17) is 16.3 Å². The summed E-state index contributed by atoms with van der Waals surface area (Å²) in [6, 6.07) is 24.4. The van der Waals surface area contributed by atoms with E-state index in [0.717, 1.165) is 19.5 Å². The smallest absolute Gasteiger partial charge is 0.253 e. The molecule has 0 bridgehead atoms. The first kappa shape index (κ1) is 20.5. The molecule has 1 fully saturated rings. The molecule has 1 aliphatic rings. The summed E-state index contributed by atoms with van der Waals surface area (Å²) in [6.07, 6.45) is 1.01. The first-order valence-corrected chi connectivity index (χ1v) is 10.8. The van der Waals surface area contributed by atoms with Crippen molar-refractivity contribution in [1.29, 1.82) is 0 Å². The number of carbonyl (C=O) groups is 1. The van der Waals surface area contributed by atoms with E-state index in [9.17, 15) is 4.79 Å². The molecule has 1 saturated heterocycles. The lowest BCUT2D eigenvalue weighted by Crippen LogP contribution is -2.28. The highest BCUT2D eigenvalue weighted by atomic mass is 35.5. The maximum atomic E-state index is 13.0. The quantitative estimate of drug-likeness (QED) is 0.477. The van der Waals surface area contributed by atoms with E-state index in [1.165, 1.54) is 16.7 Å². The van der Waals surface area contributed by atoms with Gasteiger partial charge in [0.1, 0.15) is 5.75 Å². The molecule has 3 aromatic rings. The van der Waals surface area contributed by atoms with Crippen LogP contribution in [0.3, 0.4) is 0 Å². The van der Waals surface area contributed by atoms with E-state index < -0.39 is 0 Å². The minimum absolute atomic E-state index is 0.0244. The van der Waals surface area contributed by atoms with Crippen LogP contribution in [0.25, 0.3) is 11.1 Å². The van der Waals surface area contributed by atoms with Gasteiger partial charge >= 0.3 is 0 Å². The molecule has 0 saturated carbocycles. The van der Waals surface area contributed by atoms with Crippen molar-refractivity contribution in [2.45, 2.75) is 32.3 Å². The molecule has 4 heteroatoms. The molecule has 30 heavy (non-hydrogen) atoms. The van der Waals surface area contributed by atoms with Crippen LogP contribution in [-0.4, -0.2) is 30.0 Å². The van der Waals surface area contributed by atoms with Gasteiger partial charge in [0, 0.05) is 24.6 Å². The largest absolute Gasteiger partial charge is 0.489 e. The molecule has 0 aromatic heterocycles. The van der Waals surface area contributed by atoms with Crippen LogP contribution in [0, 0.1) is 0 Å². The molecule has 1 atom stereocenters. The second-order valence-corrected chi connectivity index (χ2v) is 8.44. The number of carbonyl (C=O) groups excluding carboxylic acids is 1. The van der Waals surface area contributed by atoms with Crippen molar-refractivity contribution in [3.63, 3.8) is 0 Å². The second kappa shape index (κ2) is 8.93. The number of benzene rings is 3. The van der Waals surface area contributed by atoms with Gasteiger partial charge in [0.2, 0.25) is 0 Å². The Hall–Kier alpha value is -2.78. The van der Waals surface area contributed by atoms with Crippen molar-refractivity contribution >= 4 is 17.5 Å². The normalized spacial score (nSPS) is 16.1.